The number of amides is 1. The van der Waals surface area contributed by atoms with Crippen LogP contribution in [0.2, 0.25) is 5.02 Å². The second kappa shape index (κ2) is 7.81. The fourth-order valence-corrected chi connectivity index (χ4v) is 2.36. The van der Waals surface area contributed by atoms with E-state index in [0.29, 0.717) is 5.02 Å². The number of hydrogen-bond donors (Lipinski definition) is 1. The van der Waals surface area contributed by atoms with Crippen LogP contribution in [-0.2, 0) is 11.2 Å². The van der Waals surface area contributed by atoms with Gasteiger partial charge in [-0.2, -0.15) is 0 Å². The number of benzene rings is 2. The first-order chi connectivity index (χ1) is 10.6. The number of hydrogen-bond acceptors (Lipinski definition) is 1. The number of carbonyl (C=O) groups excluding carboxylic acids is 1. The normalized spacial score (nSPS) is 12.3. The zero-order valence-electron chi connectivity index (χ0n) is 12.8. The van der Waals surface area contributed by atoms with E-state index in [-0.39, 0.29) is 11.9 Å². The van der Waals surface area contributed by atoms with Crippen molar-refractivity contribution in [1.29, 1.82) is 0 Å². The molecule has 0 aliphatic rings. The van der Waals surface area contributed by atoms with E-state index in [1.807, 2.05) is 25.1 Å². The van der Waals surface area contributed by atoms with Crippen LogP contribution in [0, 0.1) is 0 Å². The highest BCUT2D eigenvalue weighted by atomic mass is 35.5. The molecular formula is C19H20ClNO. The van der Waals surface area contributed by atoms with Gasteiger partial charge in [0, 0.05) is 11.1 Å². The van der Waals surface area contributed by atoms with Crippen molar-refractivity contribution in [3.8, 4) is 0 Å². The SMILES string of the molecule is CCc1ccc(C(C)NC(=O)/C=C/c2ccccc2Cl)cc1. The van der Waals surface area contributed by atoms with E-state index in [0.717, 1.165) is 17.5 Å². The van der Waals surface area contributed by atoms with Crippen molar-refractivity contribution in [2.75, 3.05) is 0 Å². The fourth-order valence-electron chi connectivity index (χ4n) is 2.16. The minimum absolute atomic E-state index is 0.0331. The van der Waals surface area contributed by atoms with Crippen LogP contribution in [0.5, 0.6) is 0 Å². The van der Waals surface area contributed by atoms with E-state index < -0.39 is 0 Å². The Morgan fingerprint density at radius 3 is 2.50 bits per heavy atom. The number of nitrogens with one attached hydrogen (secondary N) is 1. The lowest BCUT2D eigenvalue weighted by Gasteiger charge is -2.13. The van der Waals surface area contributed by atoms with Gasteiger partial charge in [0.25, 0.3) is 0 Å². The zero-order chi connectivity index (χ0) is 15.9. The number of carbonyl (C=O) groups is 1. The maximum Gasteiger partial charge on any atom is 0.244 e. The van der Waals surface area contributed by atoms with Gasteiger partial charge in [-0.05, 0) is 42.2 Å². The molecule has 1 N–H and O–H groups in total. The Bertz CT molecular complexity index is 661. The van der Waals surface area contributed by atoms with Crippen molar-refractivity contribution in [2.45, 2.75) is 26.3 Å². The standard InChI is InChI=1S/C19H20ClNO/c1-3-15-8-10-16(11-9-15)14(2)21-19(22)13-12-17-6-4-5-7-18(17)20/h4-14H,3H2,1-2H3,(H,21,22)/b13-12+. The molecule has 1 amide bonds. The van der Waals surface area contributed by atoms with E-state index in [1.54, 1.807) is 12.1 Å². The summed E-state index contributed by atoms with van der Waals surface area (Å²) < 4.78 is 0. The quantitative estimate of drug-likeness (QED) is 0.790. The zero-order valence-corrected chi connectivity index (χ0v) is 13.6. The monoisotopic (exact) mass is 313 g/mol. The Morgan fingerprint density at radius 2 is 1.86 bits per heavy atom. The van der Waals surface area contributed by atoms with Crippen molar-refractivity contribution in [2.24, 2.45) is 0 Å². The van der Waals surface area contributed by atoms with Crippen LogP contribution in [0.1, 0.15) is 36.6 Å². The van der Waals surface area contributed by atoms with Gasteiger partial charge in [-0.15, -0.1) is 0 Å². The van der Waals surface area contributed by atoms with Crippen molar-refractivity contribution in [1.82, 2.24) is 5.32 Å². The van der Waals surface area contributed by atoms with E-state index in [9.17, 15) is 4.79 Å². The Labute approximate surface area is 136 Å². The Morgan fingerprint density at radius 1 is 1.18 bits per heavy atom. The van der Waals surface area contributed by atoms with Gasteiger partial charge in [-0.3, -0.25) is 4.79 Å². The summed E-state index contributed by atoms with van der Waals surface area (Å²) >= 11 is 6.05. The summed E-state index contributed by atoms with van der Waals surface area (Å²) in [5, 5.41) is 3.59. The van der Waals surface area contributed by atoms with Crippen LogP contribution < -0.4 is 5.32 Å². The predicted molar refractivity (Wildman–Crippen MR) is 92.9 cm³/mol. The second-order valence-corrected chi connectivity index (χ2v) is 5.59. The molecule has 0 bridgehead atoms. The molecule has 0 aliphatic heterocycles. The third kappa shape index (κ3) is 4.47. The molecule has 2 aromatic carbocycles. The van der Waals surface area contributed by atoms with E-state index in [1.165, 1.54) is 11.6 Å². The molecule has 0 radical (unpaired) electrons. The molecule has 0 aliphatic carbocycles. The van der Waals surface area contributed by atoms with Crippen LogP contribution in [0.25, 0.3) is 6.08 Å². The summed E-state index contributed by atoms with van der Waals surface area (Å²) in [5.41, 5.74) is 3.22. The average Bonchev–Trinajstić information content (AvgIpc) is 2.54. The predicted octanol–water partition coefficient (Wildman–Crippen LogP) is 4.79. The van der Waals surface area contributed by atoms with Gasteiger partial charge in [0.05, 0.1) is 6.04 Å². The third-order valence-corrected chi connectivity index (χ3v) is 3.91. The van der Waals surface area contributed by atoms with Gasteiger partial charge >= 0.3 is 0 Å². The van der Waals surface area contributed by atoms with E-state index in [2.05, 4.69) is 36.5 Å². The molecule has 3 heteroatoms. The van der Waals surface area contributed by atoms with Gasteiger partial charge in [0.1, 0.15) is 0 Å². The number of rotatable bonds is 5. The topological polar surface area (TPSA) is 29.1 Å². The van der Waals surface area contributed by atoms with Crippen LogP contribution >= 0.6 is 11.6 Å². The van der Waals surface area contributed by atoms with Crippen LogP contribution in [0.4, 0.5) is 0 Å². The van der Waals surface area contributed by atoms with Crippen molar-refractivity contribution in [3.05, 3.63) is 76.3 Å². The molecule has 2 rings (SSSR count). The number of halogens is 1. The summed E-state index contributed by atoms with van der Waals surface area (Å²) in [4.78, 5) is 12.0. The van der Waals surface area contributed by atoms with Crippen molar-refractivity contribution < 1.29 is 4.79 Å². The maximum atomic E-state index is 12.0. The molecule has 0 saturated heterocycles. The first-order valence-electron chi connectivity index (χ1n) is 7.42. The van der Waals surface area contributed by atoms with Gasteiger partial charge in [0.15, 0.2) is 0 Å². The molecule has 1 unspecified atom stereocenters. The Kier molecular flexibility index (Phi) is 5.79. The molecule has 1 atom stereocenters. The van der Waals surface area contributed by atoms with Gasteiger partial charge < -0.3 is 5.32 Å². The molecule has 2 nitrogen and oxygen atoms in total. The lowest BCUT2D eigenvalue weighted by Crippen LogP contribution is -2.24. The molecule has 0 saturated carbocycles. The first-order valence-corrected chi connectivity index (χ1v) is 7.80. The number of aryl methyl sites for hydroxylation is 1. The highest BCUT2D eigenvalue weighted by Gasteiger charge is 2.07. The minimum Gasteiger partial charge on any atom is -0.346 e. The molecule has 0 heterocycles. The van der Waals surface area contributed by atoms with Gasteiger partial charge in [-0.25, -0.2) is 0 Å². The molecule has 114 valence electrons. The molecule has 22 heavy (non-hydrogen) atoms. The van der Waals surface area contributed by atoms with Crippen molar-refractivity contribution >= 4 is 23.6 Å². The summed E-state index contributed by atoms with van der Waals surface area (Å²) in [6.07, 6.45) is 4.25. The van der Waals surface area contributed by atoms with Gasteiger partial charge in [0.2, 0.25) is 5.91 Å². The molecule has 0 aromatic heterocycles. The lowest BCUT2D eigenvalue weighted by atomic mass is 10.0. The van der Waals surface area contributed by atoms with Crippen LogP contribution in [0.3, 0.4) is 0 Å². The molecule has 2 aromatic rings. The first kappa shape index (κ1) is 16.3. The highest BCUT2D eigenvalue weighted by Crippen LogP contribution is 2.17. The second-order valence-electron chi connectivity index (χ2n) is 5.18. The van der Waals surface area contributed by atoms with Gasteiger partial charge in [-0.1, -0.05) is 61.0 Å². The summed E-state index contributed by atoms with van der Waals surface area (Å²) in [6, 6.07) is 15.7. The minimum atomic E-state index is -0.132. The Hall–Kier alpha value is -2.06. The fraction of sp³-hybridized carbons (Fsp3) is 0.211. The Balaban J connectivity index is 1.97. The van der Waals surface area contributed by atoms with E-state index in [4.69, 9.17) is 11.6 Å². The maximum absolute atomic E-state index is 12.0. The summed E-state index contributed by atoms with van der Waals surface area (Å²) in [5.74, 6) is -0.132. The smallest absolute Gasteiger partial charge is 0.244 e. The van der Waals surface area contributed by atoms with Crippen LogP contribution in [0.15, 0.2) is 54.6 Å². The summed E-state index contributed by atoms with van der Waals surface area (Å²) in [7, 11) is 0. The largest absolute Gasteiger partial charge is 0.346 e. The third-order valence-electron chi connectivity index (χ3n) is 3.57. The average molecular weight is 314 g/mol. The highest BCUT2D eigenvalue weighted by molar-refractivity contribution is 6.32. The molecule has 0 spiro atoms. The van der Waals surface area contributed by atoms with Crippen molar-refractivity contribution in [3.63, 3.8) is 0 Å². The summed E-state index contributed by atoms with van der Waals surface area (Å²) in [6.45, 7) is 4.10. The lowest BCUT2D eigenvalue weighted by molar-refractivity contribution is -0.117. The molecule has 0 fully saturated rings. The van der Waals surface area contributed by atoms with E-state index >= 15 is 0 Å². The van der Waals surface area contributed by atoms with Crippen LogP contribution in [-0.4, -0.2) is 5.91 Å². The molecular weight excluding hydrogens is 294 g/mol.